The highest BCUT2D eigenvalue weighted by Crippen LogP contribution is 2.33. The first-order chi connectivity index (χ1) is 7.68. The van der Waals surface area contributed by atoms with Crippen molar-refractivity contribution in [1.82, 2.24) is 4.57 Å². The Hall–Kier alpha value is -2.16. The van der Waals surface area contributed by atoms with Crippen molar-refractivity contribution in [3.05, 3.63) is 36.4 Å². The first-order valence-corrected chi connectivity index (χ1v) is 5.20. The third kappa shape index (κ3) is 1.03. The molecule has 0 unspecified atom stereocenters. The van der Waals surface area contributed by atoms with E-state index in [4.69, 9.17) is 11.5 Å². The quantitative estimate of drug-likeness (QED) is 0.561. The fourth-order valence-corrected chi connectivity index (χ4v) is 2.34. The molecule has 2 aromatic carbocycles. The molecule has 1 heterocycles. The third-order valence-electron chi connectivity index (χ3n) is 3.07. The van der Waals surface area contributed by atoms with Gasteiger partial charge in [-0.2, -0.15) is 0 Å². The summed E-state index contributed by atoms with van der Waals surface area (Å²) in [5, 5.41) is 2.27. The Morgan fingerprint density at radius 1 is 1.00 bits per heavy atom. The normalized spacial score (nSPS) is 11.3. The van der Waals surface area contributed by atoms with Crippen molar-refractivity contribution in [2.24, 2.45) is 7.05 Å². The van der Waals surface area contributed by atoms with E-state index >= 15 is 0 Å². The van der Waals surface area contributed by atoms with E-state index in [0.717, 1.165) is 16.6 Å². The van der Waals surface area contributed by atoms with E-state index < -0.39 is 0 Å². The van der Waals surface area contributed by atoms with E-state index in [1.807, 2.05) is 31.3 Å². The van der Waals surface area contributed by atoms with E-state index in [-0.39, 0.29) is 0 Å². The van der Waals surface area contributed by atoms with Crippen LogP contribution >= 0.6 is 0 Å². The number of nitrogen functional groups attached to an aromatic ring is 2. The Bertz CT molecular complexity index is 695. The molecule has 0 aliphatic heterocycles. The van der Waals surface area contributed by atoms with Crippen LogP contribution in [-0.2, 0) is 7.05 Å². The molecule has 3 aromatic rings. The largest absolute Gasteiger partial charge is 0.399 e. The van der Waals surface area contributed by atoms with Crippen LogP contribution in [0.15, 0.2) is 36.4 Å². The van der Waals surface area contributed by atoms with Crippen LogP contribution in [-0.4, -0.2) is 4.57 Å². The minimum absolute atomic E-state index is 0.705. The van der Waals surface area contributed by atoms with Crippen molar-refractivity contribution >= 4 is 33.2 Å². The van der Waals surface area contributed by atoms with Crippen molar-refractivity contribution in [3.63, 3.8) is 0 Å². The van der Waals surface area contributed by atoms with E-state index in [1.54, 1.807) is 0 Å². The molecule has 4 N–H and O–H groups in total. The van der Waals surface area contributed by atoms with Crippen molar-refractivity contribution < 1.29 is 0 Å². The monoisotopic (exact) mass is 211 g/mol. The van der Waals surface area contributed by atoms with Crippen LogP contribution in [0, 0.1) is 0 Å². The van der Waals surface area contributed by atoms with E-state index in [2.05, 4.69) is 16.7 Å². The van der Waals surface area contributed by atoms with Crippen LogP contribution in [0.25, 0.3) is 21.8 Å². The lowest BCUT2D eigenvalue weighted by atomic mass is 10.1. The number of para-hydroxylation sites is 1. The molecule has 0 aliphatic carbocycles. The van der Waals surface area contributed by atoms with Gasteiger partial charge in [0, 0.05) is 34.7 Å². The highest BCUT2D eigenvalue weighted by Gasteiger charge is 2.10. The van der Waals surface area contributed by atoms with Gasteiger partial charge in [0.25, 0.3) is 0 Å². The van der Waals surface area contributed by atoms with Gasteiger partial charge < -0.3 is 16.0 Å². The maximum Gasteiger partial charge on any atom is 0.0530 e. The first kappa shape index (κ1) is 9.09. The predicted octanol–water partition coefficient (Wildman–Crippen LogP) is 2.50. The zero-order valence-electron chi connectivity index (χ0n) is 9.07. The fourth-order valence-electron chi connectivity index (χ4n) is 2.34. The third-order valence-corrected chi connectivity index (χ3v) is 3.07. The van der Waals surface area contributed by atoms with Crippen LogP contribution in [0.4, 0.5) is 11.4 Å². The number of aromatic nitrogens is 1. The second-order valence-corrected chi connectivity index (χ2v) is 4.08. The number of anilines is 2. The molecule has 0 atom stereocenters. The summed E-state index contributed by atoms with van der Waals surface area (Å²) in [4.78, 5) is 0. The number of fused-ring (bicyclic) bond motifs is 3. The highest BCUT2D eigenvalue weighted by molar-refractivity contribution is 6.14. The average Bonchev–Trinajstić information content (AvgIpc) is 2.54. The number of rotatable bonds is 0. The average molecular weight is 211 g/mol. The number of hydrogen-bond donors (Lipinski definition) is 2. The van der Waals surface area contributed by atoms with Crippen LogP contribution in [0.3, 0.4) is 0 Å². The van der Waals surface area contributed by atoms with Crippen molar-refractivity contribution in [2.75, 3.05) is 11.5 Å². The van der Waals surface area contributed by atoms with Crippen molar-refractivity contribution in [1.29, 1.82) is 0 Å². The molecule has 0 spiro atoms. The number of nitrogens with zero attached hydrogens (tertiary/aromatic N) is 1. The molecule has 16 heavy (non-hydrogen) atoms. The van der Waals surface area contributed by atoms with Crippen LogP contribution in [0.2, 0.25) is 0 Å². The molecule has 0 saturated carbocycles. The van der Waals surface area contributed by atoms with Crippen LogP contribution < -0.4 is 11.5 Å². The number of nitrogens with two attached hydrogens (primary N) is 2. The molecular formula is C13H13N3. The number of hydrogen-bond acceptors (Lipinski definition) is 2. The van der Waals surface area contributed by atoms with Gasteiger partial charge in [0.1, 0.15) is 0 Å². The summed E-state index contributed by atoms with van der Waals surface area (Å²) in [5.41, 5.74) is 15.6. The molecule has 0 amide bonds. The van der Waals surface area contributed by atoms with Gasteiger partial charge in [0.05, 0.1) is 5.52 Å². The lowest BCUT2D eigenvalue weighted by Gasteiger charge is -2.01. The smallest absolute Gasteiger partial charge is 0.0530 e. The molecule has 0 fully saturated rings. The molecule has 80 valence electrons. The van der Waals surface area contributed by atoms with Gasteiger partial charge in [0.15, 0.2) is 0 Å². The molecule has 0 radical (unpaired) electrons. The first-order valence-electron chi connectivity index (χ1n) is 5.20. The lowest BCUT2D eigenvalue weighted by molar-refractivity contribution is 1.01. The minimum atomic E-state index is 0.705. The number of benzene rings is 2. The Labute approximate surface area is 93.3 Å². The Balaban J connectivity index is 2.67. The molecule has 3 nitrogen and oxygen atoms in total. The predicted molar refractivity (Wildman–Crippen MR) is 69.2 cm³/mol. The van der Waals surface area contributed by atoms with Gasteiger partial charge in [0.2, 0.25) is 0 Å². The van der Waals surface area contributed by atoms with E-state index in [0.29, 0.717) is 5.69 Å². The highest BCUT2D eigenvalue weighted by atomic mass is 14.9. The van der Waals surface area contributed by atoms with Gasteiger partial charge in [-0.15, -0.1) is 0 Å². The van der Waals surface area contributed by atoms with E-state index in [9.17, 15) is 0 Å². The topological polar surface area (TPSA) is 57.0 Å². The van der Waals surface area contributed by atoms with Crippen LogP contribution in [0.5, 0.6) is 0 Å². The molecule has 0 bridgehead atoms. The zero-order valence-corrected chi connectivity index (χ0v) is 9.07. The summed E-state index contributed by atoms with van der Waals surface area (Å²) in [6, 6.07) is 12.0. The standard InChI is InChI=1S/C13H13N3/c1-16-11-5-3-2-4-9(11)13-10(15)6-8(14)7-12(13)16/h2-7H,14-15H2,1H3. The SMILES string of the molecule is Cn1c2ccccc2c2c(N)cc(N)cc21. The summed E-state index contributed by atoms with van der Waals surface area (Å²) in [7, 11) is 2.03. The van der Waals surface area contributed by atoms with E-state index in [1.165, 1.54) is 10.9 Å². The number of aryl methyl sites for hydroxylation is 1. The molecule has 0 saturated heterocycles. The maximum atomic E-state index is 6.04. The molecule has 3 rings (SSSR count). The van der Waals surface area contributed by atoms with Crippen molar-refractivity contribution in [3.8, 4) is 0 Å². The fraction of sp³-hybridized carbons (Fsp3) is 0.0769. The second-order valence-electron chi connectivity index (χ2n) is 4.08. The van der Waals surface area contributed by atoms with Gasteiger partial charge in [-0.1, -0.05) is 18.2 Å². The maximum absolute atomic E-state index is 6.04. The summed E-state index contributed by atoms with van der Waals surface area (Å²) in [5.74, 6) is 0. The second kappa shape index (κ2) is 2.92. The summed E-state index contributed by atoms with van der Waals surface area (Å²) < 4.78 is 2.12. The van der Waals surface area contributed by atoms with Crippen molar-refractivity contribution in [2.45, 2.75) is 0 Å². The molecule has 0 aliphatic rings. The molecule has 3 heteroatoms. The molecular weight excluding hydrogens is 198 g/mol. The van der Waals surface area contributed by atoms with Gasteiger partial charge in [-0.3, -0.25) is 0 Å². The van der Waals surface area contributed by atoms with Crippen LogP contribution in [0.1, 0.15) is 0 Å². The van der Waals surface area contributed by atoms with Gasteiger partial charge in [-0.25, -0.2) is 0 Å². The zero-order chi connectivity index (χ0) is 11.3. The van der Waals surface area contributed by atoms with Gasteiger partial charge in [-0.05, 0) is 18.2 Å². The Kier molecular flexibility index (Phi) is 1.66. The Morgan fingerprint density at radius 2 is 1.75 bits per heavy atom. The Morgan fingerprint density at radius 3 is 2.56 bits per heavy atom. The lowest BCUT2D eigenvalue weighted by Crippen LogP contribution is -1.92. The minimum Gasteiger partial charge on any atom is -0.399 e. The summed E-state index contributed by atoms with van der Waals surface area (Å²) in [6.45, 7) is 0. The summed E-state index contributed by atoms with van der Waals surface area (Å²) >= 11 is 0. The molecule has 1 aromatic heterocycles. The van der Waals surface area contributed by atoms with Gasteiger partial charge >= 0.3 is 0 Å². The summed E-state index contributed by atoms with van der Waals surface area (Å²) in [6.07, 6.45) is 0.